The van der Waals surface area contributed by atoms with Crippen LogP contribution in [-0.4, -0.2) is 37.6 Å². The van der Waals surface area contributed by atoms with Gasteiger partial charge in [-0.15, -0.1) is 0 Å². The van der Waals surface area contributed by atoms with Crippen molar-refractivity contribution in [1.29, 1.82) is 0 Å². The number of fused-ring (bicyclic) bond motifs is 1. The standard InChI is InChI=1S/C21H21ClN2O4S/c1-2-24-20(26)17-9-4-14(12-18(17)29(24,27)28)19(25)23-13-21(10-3-11-21)15-5-7-16(22)8-6-15/h4-9,12H,2-3,10-11,13H2,1H3,(H,23,25). The third-order valence-electron chi connectivity index (χ3n) is 5.91. The van der Waals surface area contributed by atoms with E-state index < -0.39 is 15.9 Å². The summed E-state index contributed by atoms with van der Waals surface area (Å²) in [5.74, 6) is -0.906. The fourth-order valence-corrected chi connectivity index (χ4v) is 5.78. The van der Waals surface area contributed by atoms with E-state index in [1.807, 2.05) is 24.3 Å². The summed E-state index contributed by atoms with van der Waals surface area (Å²) in [7, 11) is -3.89. The molecule has 2 amide bonds. The number of carbonyl (C=O) groups is 2. The second-order valence-corrected chi connectivity index (χ2v) is 9.78. The third kappa shape index (κ3) is 3.22. The van der Waals surface area contributed by atoms with Crippen LogP contribution in [0.25, 0.3) is 0 Å². The van der Waals surface area contributed by atoms with Crippen molar-refractivity contribution >= 4 is 33.4 Å². The molecule has 0 aromatic heterocycles. The van der Waals surface area contributed by atoms with Crippen LogP contribution >= 0.6 is 11.6 Å². The van der Waals surface area contributed by atoms with Gasteiger partial charge in [-0.2, -0.15) is 0 Å². The molecule has 1 heterocycles. The van der Waals surface area contributed by atoms with E-state index in [2.05, 4.69) is 5.32 Å². The van der Waals surface area contributed by atoms with Crippen LogP contribution in [0.3, 0.4) is 0 Å². The molecular weight excluding hydrogens is 412 g/mol. The molecule has 1 aliphatic carbocycles. The number of hydrogen-bond donors (Lipinski definition) is 1. The molecule has 4 rings (SSSR count). The summed E-state index contributed by atoms with van der Waals surface area (Å²) < 4.78 is 25.9. The zero-order valence-corrected chi connectivity index (χ0v) is 17.5. The van der Waals surface area contributed by atoms with Crippen LogP contribution in [-0.2, 0) is 15.4 Å². The van der Waals surface area contributed by atoms with Gasteiger partial charge in [0.05, 0.1) is 5.56 Å². The summed E-state index contributed by atoms with van der Waals surface area (Å²) in [6, 6.07) is 11.9. The summed E-state index contributed by atoms with van der Waals surface area (Å²) in [4.78, 5) is 24.9. The summed E-state index contributed by atoms with van der Waals surface area (Å²) in [5.41, 5.74) is 1.34. The maximum Gasteiger partial charge on any atom is 0.268 e. The predicted octanol–water partition coefficient (Wildman–Crippen LogP) is 3.36. The Balaban J connectivity index is 1.55. The molecule has 1 saturated carbocycles. The first-order valence-electron chi connectivity index (χ1n) is 9.54. The van der Waals surface area contributed by atoms with E-state index in [-0.39, 0.29) is 33.9 Å². The topological polar surface area (TPSA) is 83.6 Å². The molecule has 0 radical (unpaired) electrons. The number of nitrogens with zero attached hydrogens (tertiary/aromatic N) is 1. The normalized spacial score (nSPS) is 18.8. The fraction of sp³-hybridized carbons (Fsp3) is 0.333. The molecule has 2 aromatic carbocycles. The number of halogens is 1. The van der Waals surface area contributed by atoms with Gasteiger partial charge in [0.15, 0.2) is 0 Å². The number of amides is 2. The van der Waals surface area contributed by atoms with Crippen LogP contribution < -0.4 is 5.32 Å². The average Bonchev–Trinajstić information content (AvgIpc) is 2.87. The van der Waals surface area contributed by atoms with Gasteiger partial charge in [0, 0.05) is 29.1 Å². The van der Waals surface area contributed by atoms with Gasteiger partial charge in [-0.1, -0.05) is 30.2 Å². The Morgan fingerprint density at radius 1 is 1.17 bits per heavy atom. The lowest BCUT2D eigenvalue weighted by Gasteiger charge is -2.42. The highest BCUT2D eigenvalue weighted by Crippen LogP contribution is 2.43. The van der Waals surface area contributed by atoms with E-state index in [4.69, 9.17) is 11.6 Å². The van der Waals surface area contributed by atoms with Crippen molar-refractivity contribution in [3.8, 4) is 0 Å². The molecule has 29 heavy (non-hydrogen) atoms. The number of benzene rings is 2. The van der Waals surface area contributed by atoms with Gasteiger partial charge in [-0.3, -0.25) is 9.59 Å². The number of carbonyl (C=O) groups excluding carboxylic acids is 2. The maximum absolute atomic E-state index is 12.7. The molecule has 0 bridgehead atoms. The average molecular weight is 433 g/mol. The van der Waals surface area contributed by atoms with Crippen LogP contribution in [0.15, 0.2) is 47.4 Å². The van der Waals surface area contributed by atoms with Gasteiger partial charge < -0.3 is 5.32 Å². The quantitative estimate of drug-likeness (QED) is 0.785. The van der Waals surface area contributed by atoms with Crippen LogP contribution in [0.1, 0.15) is 52.5 Å². The van der Waals surface area contributed by atoms with Crippen molar-refractivity contribution in [2.45, 2.75) is 36.5 Å². The Kier molecular flexibility index (Phi) is 4.91. The van der Waals surface area contributed by atoms with Crippen molar-refractivity contribution in [2.75, 3.05) is 13.1 Å². The van der Waals surface area contributed by atoms with Gasteiger partial charge in [0.25, 0.3) is 21.8 Å². The van der Waals surface area contributed by atoms with E-state index in [0.29, 0.717) is 11.6 Å². The largest absolute Gasteiger partial charge is 0.351 e. The van der Waals surface area contributed by atoms with Crippen LogP contribution in [0, 0.1) is 0 Å². The molecule has 0 spiro atoms. The molecule has 1 fully saturated rings. The zero-order chi connectivity index (χ0) is 20.8. The van der Waals surface area contributed by atoms with Gasteiger partial charge in [-0.25, -0.2) is 12.7 Å². The highest BCUT2D eigenvalue weighted by molar-refractivity contribution is 7.90. The zero-order valence-electron chi connectivity index (χ0n) is 15.9. The second-order valence-electron chi connectivity index (χ2n) is 7.51. The van der Waals surface area contributed by atoms with E-state index in [0.717, 1.165) is 29.1 Å². The molecule has 1 N–H and O–H groups in total. The maximum atomic E-state index is 12.7. The Labute approximate surface area is 174 Å². The van der Waals surface area contributed by atoms with Crippen molar-refractivity contribution in [1.82, 2.24) is 9.62 Å². The van der Waals surface area contributed by atoms with Crippen molar-refractivity contribution < 1.29 is 18.0 Å². The Morgan fingerprint density at radius 2 is 1.86 bits per heavy atom. The first-order valence-corrected chi connectivity index (χ1v) is 11.4. The fourth-order valence-electron chi connectivity index (χ4n) is 4.06. The SMILES string of the molecule is CCN1C(=O)c2ccc(C(=O)NCC3(c4ccc(Cl)cc4)CCC3)cc2S1(=O)=O. The van der Waals surface area contributed by atoms with Gasteiger partial charge in [0.2, 0.25) is 0 Å². The van der Waals surface area contributed by atoms with Crippen LogP contribution in [0.5, 0.6) is 0 Å². The van der Waals surface area contributed by atoms with Crippen LogP contribution in [0.2, 0.25) is 5.02 Å². The van der Waals surface area contributed by atoms with E-state index in [1.165, 1.54) is 18.2 Å². The Bertz CT molecular complexity index is 1090. The minimum atomic E-state index is -3.89. The molecule has 0 saturated heterocycles. The van der Waals surface area contributed by atoms with E-state index >= 15 is 0 Å². The highest BCUT2D eigenvalue weighted by atomic mass is 35.5. The van der Waals surface area contributed by atoms with Gasteiger partial charge >= 0.3 is 0 Å². The number of rotatable bonds is 5. The number of hydrogen-bond acceptors (Lipinski definition) is 4. The summed E-state index contributed by atoms with van der Waals surface area (Å²) in [6.07, 6.45) is 3.02. The summed E-state index contributed by atoms with van der Waals surface area (Å²) in [5, 5.41) is 3.61. The third-order valence-corrected chi connectivity index (χ3v) is 8.06. The smallest absolute Gasteiger partial charge is 0.268 e. The molecule has 6 nitrogen and oxygen atoms in total. The van der Waals surface area contributed by atoms with Crippen molar-refractivity contribution in [3.63, 3.8) is 0 Å². The van der Waals surface area contributed by atoms with Crippen molar-refractivity contribution in [2.24, 2.45) is 0 Å². The van der Waals surface area contributed by atoms with E-state index in [9.17, 15) is 18.0 Å². The first-order chi connectivity index (χ1) is 13.8. The summed E-state index contributed by atoms with van der Waals surface area (Å²) >= 11 is 5.98. The molecule has 8 heteroatoms. The monoisotopic (exact) mass is 432 g/mol. The molecule has 0 atom stereocenters. The predicted molar refractivity (Wildman–Crippen MR) is 110 cm³/mol. The van der Waals surface area contributed by atoms with Gasteiger partial charge in [-0.05, 0) is 55.7 Å². The number of sulfonamides is 1. The minimum absolute atomic E-state index is 0.0565. The molecule has 152 valence electrons. The lowest BCUT2D eigenvalue weighted by atomic mass is 9.64. The Morgan fingerprint density at radius 3 is 2.45 bits per heavy atom. The molecule has 2 aromatic rings. The molecule has 1 aliphatic heterocycles. The second kappa shape index (κ2) is 7.15. The minimum Gasteiger partial charge on any atom is -0.351 e. The molecule has 2 aliphatic rings. The number of nitrogens with one attached hydrogen (secondary N) is 1. The lowest BCUT2D eigenvalue weighted by molar-refractivity contribution is 0.0873. The Hall–Kier alpha value is -2.38. The van der Waals surface area contributed by atoms with Crippen LogP contribution in [0.4, 0.5) is 0 Å². The van der Waals surface area contributed by atoms with Gasteiger partial charge in [0.1, 0.15) is 4.90 Å². The molecule has 0 unspecified atom stereocenters. The van der Waals surface area contributed by atoms with Crippen molar-refractivity contribution in [3.05, 3.63) is 64.2 Å². The van der Waals surface area contributed by atoms with E-state index in [1.54, 1.807) is 6.92 Å². The summed E-state index contributed by atoms with van der Waals surface area (Å²) in [6.45, 7) is 2.11. The molecular formula is C21H21ClN2O4S. The lowest BCUT2D eigenvalue weighted by Crippen LogP contribution is -2.45. The first kappa shape index (κ1) is 19.9. The highest BCUT2D eigenvalue weighted by Gasteiger charge is 2.41.